The summed E-state index contributed by atoms with van der Waals surface area (Å²) in [6.07, 6.45) is 0. The fourth-order valence-electron chi connectivity index (χ4n) is 9.90. The number of benzene rings is 9. The van der Waals surface area contributed by atoms with Crippen LogP contribution in [0.3, 0.4) is 0 Å². The van der Waals surface area contributed by atoms with E-state index in [0.717, 1.165) is 50.8 Å². The van der Waals surface area contributed by atoms with Gasteiger partial charge < -0.3 is 18.8 Å². The first-order valence-electron chi connectivity index (χ1n) is 20.8. The van der Waals surface area contributed by atoms with E-state index in [1.54, 1.807) is 0 Å². The summed E-state index contributed by atoms with van der Waals surface area (Å²) >= 11 is 0. The van der Waals surface area contributed by atoms with Crippen molar-refractivity contribution in [2.24, 2.45) is 0 Å². The largest absolute Gasteiger partial charge is 0.456 e. The van der Waals surface area contributed by atoms with Crippen LogP contribution < -0.4 is 15.2 Å². The summed E-state index contributed by atoms with van der Waals surface area (Å²) in [7, 11) is 0. The first-order valence-corrected chi connectivity index (χ1v) is 20.8. The minimum absolute atomic E-state index is 0.0397. The van der Waals surface area contributed by atoms with Gasteiger partial charge in [-0.25, -0.2) is 0 Å². The first-order chi connectivity index (χ1) is 29.9. The molecule has 61 heavy (non-hydrogen) atoms. The lowest BCUT2D eigenvalue weighted by Gasteiger charge is -2.43. The molecule has 1 aliphatic rings. The van der Waals surface area contributed by atoms with Gasteiger partial charge in [0.2, 0.25) is 5.43 Å². The van der Waals surface area contributed by atoms with Crippen LogP contribution in [0.2, 0.25) is 0 Å². The van der Waals surface area contributed by atoms with E-state index in [9.17, 15) is 4.79 Å². The predicted molar refractivity (Wildman–Crippen MR) is 253 cm³/mol. The van der Waals surface area contributed by atoms with Crippen LogP contribution in [0.1, 0.15) is 25.0 Å². The normalized spacial score (nSPS) is 13.2. The van der Waals surface area contributed by atoms with Crippen LogP contribution in [-0.2, 0) is 5.41 Å². The summed E-state index contributed by atoms with van der Waals surface area (Å²) in [5, 5.41) is 5.91. The van der Waals surface area contributed by atoms with Gasteiger partial charge in [0.25, 0.3) is 0 Å². The molecule has 0 saturated heterocycles. The maximum atomic E-state index is 14.2. The quantitative estimate of drug-likeness (QED) is 0.163. The van der Waals surface area contributed by atoms with E-state index < -0.39 is 5.41 Å². The SMILES string of the molecule is CC1(C)c2cc(N(c3ccccc3)c3ccc4ccccc4c3)ccc2N(c2ccc3oc4ccccc4c(=O)c3c2)c2ccc3c(c21)c1ccccc1n3-c1ccccc1. The summed E-state index contributed by atoms with van der Waals surface area (Å²) < 4.78 is 8.71. The summed E-state index contributed by atoms with van der Waals surface area (Å²) in [6, 6.07) is 70.2. The molecular formula is C56H39N3O2. The second-order valence-electron chi connectivity index (χ2n) is 16.5. The highest BCUT2D eigenvalue weighted by Crippen LogP contribution is 2.56. The number of hydrogen-bond acceptors (Lipinski definition) is 4. The number of para-hydroxylation sites is 4. The molecule has 5 heteroatoms. The Balaban J connectivity index is 1.15. The van der Waals surface area contributed by atoms with Gasteiger partial charge in [0, 0.05) is 44.6 Å². The highest BCUT2D eigenvalue weighted by Gasteiger charge is 2.40. The van der Waals surface area contributed by atoms with Crippen molar-refractivity contribution in [3.8, 4) is 5.69 Å². The number of aromatic nitrogens is 1. The average molecular weight is 786 g/mol. The number of nitrogens with zero attached hydrogens (tertiary/aromatic N) is 3. The van der Waals surface area contributed by atoms with Crippen LogP contribution in [0.4, 0.5) is 34.1 Å². The van der Waals surface area contributed by atoms with Crippen molar-refractivity contribution in [2.75, 3.05) is 9.80 Å². The van der Waals surface area contributed by atoms with E-state index in [0.29, 0.717) is 21.9 Å². The van der Waals surface area contributed by atoms with Gasteiger partial charge in [0.15, 0.2) is 0 Å². The van der Waals surface area contributed by atoms with E-state index in [4.69, 9.17) is 4.42 Å². The number of hydrogen-bond donors (Lipinski definition) is 0. The molecular weight excluding hydrogens is 747 g/mol. The molecule has 9 aromatic carbocycles. The molecule has 0 N–H and O–H groups in total. The fraction of sp³-hybridized carbons (Fsp3) is 0.0536. The van der Waals surface area contributed by atoms with Crippen LogP contribution in [-0.4, -0.2) is 4.57 Å². The third-order valence-electron chi connectivity index (χ3n) is 12.7. The van der Waals surface area contributed by atoms with Gasteiger partial charge in [-0.2, -0.15) is 0 Å². The smallest absolute Gasteiger partial charge is 0.200 e. The van der Waals surface area contributed by atoms with Crippen molar-refractivity contribution in [3.05, 3.63) is 222 Å². The molecule has 0 saturated carbocycles. The Hall–Kier alpha value is -7.89. The molecule has 2 aromatic heterocycles. The van der Waals surface area contributed by atoms with Crippen LogP contribution in [0.5, 0.6) is 0 Å². The summed E-state index contributed by atoms with van der Waals surface area (Å²) in [6.45, 7) is 4.73. The van der Waals surface area contributed by atoms with E-state index in [1.165, 1.54) is 32.7 Å². The summed E-state index contributed by atoms with van der Waals surface area (Å²) in [4.78, 5) is 18.9. The van der Waals surface area contributed by atoms with Crippen molar-refractivity contribution in [2.45, 2.75) is 19.3 Å². The number of anilines is 6. The lowest BCUT2D eigenvalue weighted by Crippen LogP contribution is -2.31. The van der Waals surface area contributed by atoms with Crippen molar-refractivity contribution < 1.29 is 4.42 Å². The van der Waals surface area contributed by atoms with Gasteiger partial charge in [-0.05, 0) is 125 Å². The molecule has 5 nitrogen and oxygen atoms in total. The predicted octanol–water partition coefficient (Wildman–Crippen LogP) is 14.8. The first kappa shape index (κ1) is 35.1. The molecule has 11 aromatic rings. The van der Waals surface area contributed by atoms with E-state index in [1.807, 2.05) is 36.4 Å². The molecule has 0 aliphatic carbocycles. The molecule has 0 amide bonds. The number of rotatable bonds is 5. The zero-order valence-corrected chi connectivity index (χ0v) is 33.7. The third kappa shape index (κ3) is 5.30. The second kappa shape index (κ2) is 13.3. The van der Waals surface area contributed by atoms with Gasteiger partial charge in [-0.15, -0.1) is 0 Å². The Kier molecular flexibility index (Phi) is 7.66. The fourth-order valence-corrected chi connectivity index (χ4v) is 9.90. The van der Waals surface area contributed by atoms with E-state index in [2.05, 4.69) is 192 Å². The molecule has 1 aliphatic heterocycles. The lowest BCUT2D eigenvalue weighted by atomic mass is 9.71. The van der Waals surface area contributed by atoms with Gasteiger partial charge >= 0.3 is 0 Å². The Labute approximate surface area is 352 Å². The minimum atomic E-state index is -0.472. The standard InChI is InChI=1S/C56H39N3O2/c1-56(2)46-35-42(57(38-17-5-3-6-18-38)40-26-25-36-15-9-10-16-37(36)33-40)27-29-48(46)59(41-28-32-52-45(34-41)55(60)44-22-12-14-24-51(44)61-52)50-31-30-49-53(54(50)56)43-21-11-13-23-47(43)58(49)39-19-7-4-8-20-39/h3-35H,1-2H3. The van der Waals surface area contributed by atoms with Crippen molar-refractivity contribution in [1.82, 2.24) is 4.57 Å². The molecule has 0 bridgehead atoms. The topological polar surface area (TPSA) is 41.6 Å². The molecule has 3 heterocycles. The second-order valence-corrected chi connectivity index (χ2v) is 16.5. The summed E-state index contributed by atoms with van der Waals surface area (Å²) in [5.74, 6) is 0. The number of fused-ring (bicyclic) bond motifs is 9. The third-order valence-corrected chi connectivity index (χ3v) is 12.7. The lowest BCUT2D eigenvalue weighted by molar-refractivity contribution is 0.638. The van der Waals surface area contributed by atoms with Crippen molar-refractivity contribution in [3.63, 3.8) is 0 Å². The zero-order chi connectivity index (χ0) is 40.8. The van der Waals surface area contributed by atoms with E-state index in [-0.39, 0.29) is 5.43 Å². The zero-order valence-electron chi connectivity index (χ0n) is 33.7. The highest BCUT2D eigenvalue weighted by molar-refractivity contribution is 6.14. The average Bonchev–Trinajstić information content (AvgIpc) is 3.64. The Morgan fingerprint density at radius 1 is 0.475 bits per heavy atom. The molecule has 0 radical (unpaired) electrons. The van der Waals surface area contributed by atoms with Gasteiger partial charge in [0.05, 0.1) is 33.2 Å². The van der Waals surface area contributed by atoms with Crippen LogP contribution in [0.25, 0.3) is 60.2 Å². The molecule has 0 unspecified atom stereocenters. The van der Waals surface area contributed by atoms with Crippen LogP contribution in [0.15, 0.2) is 209 Å². The Morgan fingerprint density at radius 2 is 1.13 bits per heavy atom. The van der Waals surface area contributed by atoms with Gasteiger partial charge in [-0.3, -0.25) is 4.79 Å². The monoisotopic (exact) mass is 785 g/mol. The Bertz CT molecular complexity index is 3600. The molecule has 12 rings (SSSR count). The maximum absolute atomic E-state index is 14.2. The maximum Gasteiger partial charge on any atom is 0.200 e. The molecule has 0 fully saturated rings. The van der Waals surface area contributed by atoms with Gasteiger partial charge in [0.1, 0.15) is 11.2 Å². The van der Waals surface area contributed by atoms with Gasteiger partial charge in [-0.1, -0.05) is 111 Å². The highest BCUT2D eigenvalue weighted by atomic mass is 16.3. The van der Waals surface area contributed by atoms with Crippen molar-refractivity contribution >= 4 is 88.6 Å². The van der Waals surface area contributed by atoms with Crippen molar-refractivity contribution in [1.29, 1.82) is 0 Å². The minimum Gasteiger partial charge on any atom is -0.456 e. The molecule has 0 spiro atoms. The molecule has 290 valence electrons. The molecule has 0 atom stereocenters. The van der Waals surface area contributed by atoms with Crippen LogP contribution in [0, 0.1) is 0 Å². The van der Waals surface area contributed by atoms with E-state index >= 15 is 0 Å². The Morgan fingerprint density at radius 3 is 1.97 bits per heavy atom. The van der Waals surface area contributed by atoms with Crippen LogP contribution >= 0.6 is 0 Å². The summed E-state index contributed by atoms with van der Waals surface area (Å²) in [5.41, 5.74) is 12.7.